The Morgan fingerprint density at radius 1 is 1.00 bits per heavy atom. The lowest BCUT2D eigenvalue weighted by atomic mass is 10.0. The second-order valence-corrected chi connectivity index (χ2v) is 6.66. The lowest BCUT2D eigenvalue weighted by Crippen LogP contribution is -2.61. The van der Waals surface area contributed by atoms with Crippen LogP contribution in [0.1, 0.15) is 58.8 Å². The highest BCUT2D eigenvalue weighted by molar-refractivity contribution is 4.72. The molecule has 1 heterocycles. The fourth-order valence-electron chi connectivity index (χ4n) is 3.02. The Kier molecular flexibility index (Phi) is 7.25. The van der Waals surface area contributed by atoms with Gasteiger partial charge in [0.2, 0.25) is 0 Å². The van der Waals surface area contributed by atoms with Gasteiger partial charge < -0.3 is 4.48 Å². The lowest BCUT2D eigenvalue weighted by Gasteiger charge is -2.46. The maximum atomic E-state index is 2.71. The summed E-state index contributed by atoms with van der Waals surface area (Å²) in [5.74, 6) is 0. The summed E-state index contributed by atoms with van der Waals surface area (Å²) in [5.41, 5.74) is 0. The maximum Gasteiger partial charge on any atom is 0.101 e. The minimum Gasteiger partial charge on any atom is -0.324 e. The molecule has 1 atom stereocenters. The van der Waals surface area contributed by atoms with Crippen LogP contribution in [0.15, 0.2) is 0 Å². The van der Waals surface area contributed by atoms with E-state index in [2.05, 4.69) is 32.8 Å². The standard InChI is InChI=1S/C16H35N2/c1-5-7-9-10-11-16-15-17(12-8-6-2)13-14-18(16,3)4/h16H,5-15H2,1-4H3/q+1. The van der Waals surface area contributed by atoms with Crippen LogP contribution in [-0.2, 0) is 0 Å². The molecule has 0 aromatic carbocycles. The number of piperazine rings is 1. The number of likely N-dealkylation sites (N-methyl/N-ethyl adjacent to an activating group) is 1. The van der Waals surface area contributed by atoms with E-state index in [1.165, 1.54) is 75.6 Å². The van der Waals surface area contributed by atoms with E-state index < -0.39 is 0 Å². The zero-order valence-corrected chi connectivity index (χ0v) is 13.2. The molecule has 2 heteroatoms. The van der Waals surface area contributed by atoms with Gasteiger partial charge in [-0.2, -0.15) is 0 Å². The van der Waals surface area contributed by atoms with Crippen molar-refractivity contribution in [2.45, 2.75) is 64.8 Å². The quantitative estimate of drug-likeness (QED) is 0.474. The topological polar surface area (TPSA) is 3.24 Å². The molecule has 108 valence electrons. The van der Waals surface area contributed by atoms with Crippen molar-refractivity contribution in [2.24, 2.45) is 0 Å². The normalized spacial score (nSPS) is 24.3. The summed E-state index contributed by atoms with van der Waals surface area (Å²) in [6.45, 7) is 9.89. The fourth-order valence-corrected chi connectivity index (χ4v) is 3.02. The molecule has 0 spiro atoms. The third-order valence-electron chi connectivity index (χ3n) is 4.67. The molecule has 1 saturated heterocycles. The number of rotatable bonds is 8. The lowest BCUT2D eigenvalue weighted by molar-refractivity contribution is -0.920. The molecule has 0 aromatic heterocycles. The van der Waals surface area contributed by atoms with Gasteiger partial charge in [0.1, 0.15) is 6.04 Å². The highest BCUT2D eigenvalue weighted by atomic mass is 15.4. The van der Waals surface area contributed by atoms with Crippen LogP contribution in [0.25, 0.3) is 0 Å². The Morgan fingerprint density at radius 2 is 1.72 bits per heavy atom. The van der Waals surface area contributed by atoms with E-state index in [9.17, 15) is 0 Å². The molecule has 0 aromatic rings. The van der Waals surface area contributed by atoms with Crippen molar-refractivity contribution in [1.29, 1.82) is 0 Å². The first kappa shape index (κ1) is 16.0. The molecule has 1 aliphatic heterocycles. The highest BCUT2D eigenvalue weighted by Crippen LogP contribution is 2.20. The maximum absolute atomic E-state index is 2.71. The van der Waals surface area contributed by atoms with Crippen LogP contribution in [0.5, 0.6) is 0 Å². The fraction of sp³-hybridized carbons (Fsp3) is 1.00. The summed E-state index contributed by atoms with van der Waals surface area (Å²) < 4.78 is 1.24. The minimum atomic E-state index is 0.868. The predicted octanol–water partition coefficient (Wildman–Crippen LogP) is 3.52. The Bertz CT molecular complexity index is 213. The molecule has 0 amide bonds. The molecule has 0 aliphatic carbocycles. The van der Waals surface area contributed by atoms with Gasteiger partial charge in [-0.3, -0.25) is 4.90 Å². The Balaban J connectivity index is 2.34. The molecular weight excluding hydrogens is 220 g/mol. The van der Waals surface area contributed by atoms with Gasteiger partial charge >= 0.3 is 0 Å². The van der Waals surface area contributed by atoms with Gasteiger partial charge in [0, 0.05) is 13.0 Å². The van der Waals surface area contributed by atoms with Crippen LogP contribution in [0.2, 0.25) is 0 Å². The van der Waals surface area contributed by atoms with Crippen LogP contribution >= 0.6 is 0 Å². The number of hydrogen-bond donors (Lipinski definition) is 0. The molecule has 18 heavy (non-hydrogen) atoms. The van der Waals surface area contributed by atoms with Gasteiger partial charge in [0.05, 0.1) is 27.2 Å². The first-order chi connectivity index (χ1) is 8.60. The van der Waals surface area contributed by atoms with Crippen molar-refractivity contribution >= 4 is 0 Å². The van der Waals surface area contributed by atoms with Crippen molar-refractivity contribution < 1.29 is 4.48 Å². The predicted molar refractivity (Wildman–Crippen MR) is 80.9 cm³/mol. The number of hydrogen-bond acceptors (Lipinski definition) is 1. The van der Waals surface area contributed by atoms with E-state index in [4.69, 9.17) is 0 Å². The molecule has 1 fully saturated rings. The van der Waals surface area contributed by atoms with Gasteiger partial charge in [-0.05, 0) is 19.4 Å². The summed E-state index contributed by atoms with van der Waals surface area (Å²) in [5, 5.41) is 0. The summed E-state index contributed by atoms with van der Waals surface area (Å²) in [6.07, 6.45) is 9.76. The van der Waals surface area contributed by atoms with E-state index in [1.807, 2.05) is 0 Å². The van der Waals surface area contributed by atoms with Crippen LogP contribution in [0.3, 0.4) is 0 Å². The number of quaternary nitrogens is 1. The van der Waals surface area contributed by atoms with E-state index in [1.54, 1.807) is 0 Å². The van der Waals surface area contributed by atoms with Crippen molar-refractivity contribution in [3.8, 4) is 0 Å². The van der Waals surface area contributed by atoms with Crippen molar-refractivity contribution in [3.05, 3.63) is 0 Å². The van der Waals surface area contributed by atoms with E-state index >= 15 is 0 Å². The number of unbranched alkanes of at least 4 members (excludes halogenated alkanes) is 4. The summed E-state index contributed by atoms with van der Waals surface area (Å²) in [6, 6.07) is 0.868. The molecule has 1 rings (SSSR count). The second-order valence-electron chi connectivity index (χ2n) is 6.66. The molecule has 0 N–H and O–H groups in total. The summed E-state index contributed by atoms with van der Waals surface area (Å²) in [7, 11) is 4.86. The highest BCUT2D eigenvalue weighted by Gasteiger charge is 2.34. The Labute approximate surface area is 115 Å². The average molecular weight is 255 g/mol. The van der Waals surface area contributed by atoms with Crippen LogP contribution in [0.4, 0.5) is 0 Å². The van der Waals surface area contributed by atoms with Gasteiger partial charge in [-0.1, -0.05) is 39.5 Å². The largest absolute Gasteiger partial charge is 0.324 e. The van der Waals surface area contributed by atoms with Gasteiger partial charge in [0.25, 0.3) is 0 Å². The zero-order chi connectivity index (χ0) is 13.4. The van der Waals surface area contributed by atoms with Gasteiger partial charge in [-0.15, -0.1) is 0 Å². The monoisotopic (exact) mass is 255 g/mol. The first-order valence-corrected chi connectivity index (χ1v) is 8.15. The smallest absolute Gasteiger partial charge is 0.101 e. The first-order valence-electron chi connectivity index (χ1n) is 8.15. The minimum absolute atomic E-state index is 0.868. The molecule has 0 bridgehead atoms. The SMILES string of the molecule is CCCCCCC1CN(CCCC)CC[N+]1(C)C. The third-order valence-corrected chi connectivity index (χ3v) is 4.67. The van der Waals surface area contributed by atoms with E-state index in [0.717, 1.165) is 6.04 Å². The zero-order valence-electron chi connectivity index (χ0n) is 13.2. The molecule has 1 unspecified atom stereocenters. The summed E-state index contributed by atoms with van der Waals surface area (Å²) in [4.78, 5) is 2.71. The molecule has 0 saturated carbocycles. The Morgan fingerprint density at radius 3 is 2.39 bits per heavy atom. The third kappa shape index (κ3) is 5.27. The molecule has 1 aliphatic rings. The average Bonchev–Trinajstić information content (AvgIpc) is 2.34. The van der Waals surface area contributed by atoms with E-state index in [-0.39, 0.29) is 0 Å². The van der Waals surface area contributed by atoms with Crippen molar-refractivity contribution in [1.82, 2.24) is 4.90 Å². The van der Waals surface area contributed by atoms with E-state index in [0.29, 0.717) is 0 Å². The Hall–Kier alpha value is -0.0800. The summed E-state index contributed by atoms with van der Waals surface area (Å²) >= 11 is 0. The van der Waals surface area contributed by atoms with Crippen LogP contribution in [-0.4, -0.2) is 55.7 Å². The molecule has 0 radical (unpaired) electrons. The molecular formula is C16H35N2+. The van der Waals surface area contributed by atoms with Crippen molar-refractivity contribution in [3.63, 3.8) is 0 Å². The van der Waals surface area contributed by atoms with Gasteiger partial charge in [0.15, 0.2) is 0 Å². The molecule has 2 nitrogen and oxygen atoms in total. The number of nitrogens with zero attached hydrogens (tertiary/aromatic N) is 2. The van der Waals surface area contributed by atoms with Crippen LogP contribution in [0, 0.1) is 0 Å². The second kappa shape index (κ2) is 8.16. The van der Waals surface area contributed by atoms with Crippen LogP contribution < -0.4 is 0 Å². The van der Waals surface area contributed by atoms with Gasteiger partial charge in [-0.25, -0.2) is 0 Å². The van der Waals surface area contributed by atoms with Crippen molar-refractivity contribution in [2.75, 3.05) is 40.3 Å².